The van der Waals surface area contributed by atoms with Gasteiger partial charge in [-0.2, -0.15) is 0 Å². The molecule has 1 aliphatic heterocycles. The van der Waals surface area contributed by atoms with Gasteiger partial charge in [0, 0.05) is 24.7 Å². The molecule has 1 aromatic heterocycles. The SMILES string of the molecule is C[C@@H]1[C@@H](c2cn(C(=O)OC(C)(C)C)cn2)CCN1C(=O)OC(C)(C)C. The minimum Gasteiger partial charge on any atom is -0.444 e. The van der Waals surface area contributed by atoms with Crippen molar-refractivity contribution in [2.24, 2.45) is 0 Å². The number of rotatable bonds is 1. The summed E-state index contributed by atoms with van der Waals surface area (Å²) in [6, 6.07) is -0.0446. The number of imidazole rings is 1. The lowest BCUT2D eigenvalue weighted by molar-refractivity contribution is 0.0232. The second kappa shape index (κ2) is 6.69. The zero-order valence-corrected chi connectivity index (χ0v) is 16.2. The normalized spacial score (nSPS) is 21.3. The van der Waals surface area contributed by atoms with Gasteiger partial charge in [0.05, 0.1) is 5.69 Å². The van der Waals surface area contributed by atoms with Gasteiger partial charge in [0.15, 0.2) is 0 Å². The predicted molar refractivity (Wildman–Crippen MR) is 93.6 cm³/mol. The van der Waals surface area contributed by atoms with Gasteiger partial charge in [-0.05, 0) is 54.9 Å². The van der Waals surface area contributed by atoms with E-state index in [1.165, 1.54) is 10.9 Å². The van der Waals surface area contributed by atoms with Crippen molar-refractivity contribution in [3.05, 3.63) is 18.2 Å². The van der Waals surface area contributed by atoms with Gasteiger partial charge in [-0.25, -0.2) is 19.1 Å². The minimum atomic E-state index is -0.560. The highest BCUT2D eigenvalue weighted by atomic mass is 16.6. The molecule has 140 valence electrons. The number of carbonyl (C=O) groups is 2. The highest BCUT2D eigenvalue weighted by Gasteiger charge is 2.38. The molecule has 0 radical (unpaired) electrons. The summed E-state index contributed by atoms with van der Waals surface area (Å²) in [5, 5.41) is 0. The van der Waals surface area contributed by atoms with Crippen LogP contribution in [0.2, 0.25) is 0 Å². The van der Waals surface area contributed by atoms with E-state index in [0.717, 1.165) is 12.1 Å². The van der Waals surface area contributed by atoms with E-state index in [1.54, 1.807) is 11.1 Å². The fourth-order valence-electron chi connectivity index (χ4n) is 2.86. The number of hydrogen-bond donors (Lipinski definition) is 0. The number of amides is 1. The fraction of sp³-hybridized carbons (Fsp3) is 0.722. The van der Waals surface area contributed by atoms with Crippen LogP contribution in [0.15, 0.2) is 12.5 Å². The molecule has 2 rings (SSSR count). The molecule has 0 unspecified atom stereocenters. The van der Waals surface area contributed by atoms with Gasteiger partial charge in [-0.1, -0.05) is 0 Å². The van der Waals surface area contributed by atoms with E-state index in [0.29, 0.717) is 6.54 Å². The Labute approximate surface area is 149 Å². The molecule has 2 atom stereocenters. The van der Waals surface area contributed by atoms with E-state index < -0.39 is 17.3 Å². The summed E-state index contributed by atoms with van der Waals surface area (Å²) in [6.07, 6.45) is 3.17. The number of nitrogens with zero attached hydrogens (tertiary/aromatic N) is 3. The average molecular weight is 351 g/mol. The Morgan fingerprint density at radius 3 is 2.20 bits per heavy atom. The zero-order valence-electron chi connectivity index (χ0n) is 16.2. The second-order valence-corrected chi connectivity index (χ2v) is 8.50. The van der Waals surface area contributed by atoms with E-state index >= 15 is 0 Å². The topological polar surface area (TPSA) is 73.7 Å². The van der Waals surface area contributed by atoms with Crippen LogP contribution in [0.5, 0.6) is 0 Å². The van der Waals surface area contributed by atoms with Gasteiger partial charge < -0.3 is 14.4 Å². The molecule has 1 fully saturated rings. The third kappa shape index (κ3) is 4.96. The zero-order chi connectivity index (χ0) is 19.0. The minimum absolute atomic E-state index is 0.0446. The molecule has 0 aliphatic carbocycles. The van der Waals surface area contributed by atoms with Crippen molar-refractivity contribution in [2.75, 3.05) is 6.54 Å². The maximum Gasteiger partial charge on any atom is 0.419 e. The van der Waals surface area contributed by atoms with Crippen LogP contribution >= 0.6 is 0 Å². The van der Waals surface area contributed by atoms with Crippen molar-refractivity contribution in [2.45, 2.75) is 78.0 Å². The van der Waals surface area contributed by atoms with Crippen LogP contribution in [-0.4, -0.2) is 50.4 Å². The molecule has 7 nitrogen and oxygen atoms in total. The molecule has 25 heavy (non-hydrogen) atoms. The van der Waals surface area contributed by atoms with Gasteiger partial charge in [-0.15, -0.1) is 0 Å². The largest absolute Gasteiger partial charge is 0.444 e. The highest BCUT2D eigenvalue weighted by molar-refractivity contribution is 5.71. The lowest BCUT2D eigenvalue weighted by atomic mass is 9.99. The molecule has 0 spiro atoms. The average Bonchev–Trinajstić information content (AvgIpc) is 3.00. The summed E-state index contributed by atoms with van der Waals surface area (Å²) < 4.78 is 12.2. The Morgan fingerprint density at radius 1 is 1.08 bits per heavy atom. The molecule has 1 amide bonds. The third-order valence-electron chi connectivity index (χ3n) is 3.97. The van der Waals surface area contributed by atoms with Gasteiger partial charge >= 0.3 is 12.2 Å². The lowest BCUT2D eigenvalue weighted by Gasteiger charge is -2.28. The Morgan fingerprint density at radius 2 is 1.64 bits per heavy atom. The van der Waals surface area contributed by atoms with Gasteiger partial charge in [0.1, 0.15) is 17.5 Å². The standard InChI is InChI=1S/C18H29N3O4/c1-12-13(8-9-21(12)16(23)25-18(5,6)7)14-10-20(11-19-14)15(22)24-17(2,3)4/h10-13H,8-9H2,1-7H3/t12-,13+/m1/s1. The Kier molecular flexibility index (Phi) is 5.16. The van der Waals surface area contributed by atoms with Crippen molar-refractivity contribution in [3.8, 4) is 0 Å². The summed E-state index contributed by atoms with van der Waals surface area (Å²) in [6.45, 7) is 13.6. The van der Waals surface area contributed by atoms with Crippen LogP contribution < -0.4 is 0 Å². The van der Waals surface area contributed by atoms with Crippen LogP contribution in [0.4, 0.5) is 9.59 Å². The van der Waals surface area contributed by atoms with Crippen LogP contribution in [0.25, 0.3) is 0 Å². The third-order valence-corrected chi connectivity index (χ3v) is 3.97. The smallest absolute Gasteiger partial charge is 0.419 e. The van der Waals surface area contributed by atoms with Crippen LogP contribution in [0.3, 0.4) is 0 Å². The molecule has 2 heterocycles. The Hall–Kier alpha value is -2.05. The monoisotopic (exact) mass is 351 g/mol. The summed E-state index contributed by atoms with van der Waals surface area (Å²) in [4.78, 5) is 30.5. The molecular formula is C18H29N3O4. The van der Waals surface area contributed by atoms with Gasteiger partial charge in [0.2, 0.25) is 0 Å². The van der Waals surface area contributed by atoms with Crippen molar-refractivity contribution >= 4 is 12.2 Å². The first-order valence-electron chi connectivity index (χ1n) is 8.64. The summed E-state index contributed by atoms with van der Waals surface area (Å²) >= 11 is 0. The predicted octanol–water partition coefficient (Wildman–Crippen LogP) is 3.78. The highest BCUT2D eigenvalue weighted by Crippen LogP contribution is 2.33. The first-order valence-corrected chi connectivity index (χ1v) is 8.64. The van der Waals surface area contributed by atoms with Gasteiger partial charge in [0.25, 0.3) is 0 Å². The first kappa shape index (κ1) is 19.3. The molecule has 7 heteroatoms. The van der Waals surface area contributed by atoms with E-state index in [4.69, 9.17) is 9.47 Å². The lowest BCUT2D eigenvalue weighted by Crippen LogP contribution is -2.39. The molecule has 0 saturated carbocycles. The van der Waals surface area contributed by atoms with Crippen LogP contribution in [0.1, 0.15) is 66.5 Å². The molecule has 0 bridgehead atoms. The molecule has 1 saturated heterocycles. The van der Waals surface area contributed by atoms with E-state index in [1.807, 2.05) is 48.5 Å². The Balaban J connectivity index is 2.06. The van der Waals surface area contributed by atoms with Crippen LogP contribution in [0, 0.1) is 0 Å². The van der Waals surface area contributed by atoms with Crippen molar-refractivity contribution < 1.29 is 19.1 Å². The maximum absolute atomic E-state index is 12.3. The summed E-state index contributed by atoms with van der Waals surface area (Å²) in [7, 11) is 0. The molecular weight excluding hydrogens is 322 g/mol. The number of ether oxygens (including phenoxy) is 2. The van der Waals surface area contributed by atoms with E-state index in [9.17, 15) is 9.59 Å². The number of aromatic nitrogens is 2. The fourth-order valence-corrected chi connectivity index (χ4v) is 2.86. The summed E-state index contributed by atoms with van der Waals surface area (Å²) in [5.41, 5.74) is -0.299. The maximum atomic E-state index is 12.3. The van der Waals surface area contributed by atoms with Crippen molar-refractivity contribution in [1.82, 2.24) is 14.5 Å². The van der Waals surface area contributed by atoms with Gasteiger partial charge in [-0.3, -0.25) is 0 Å². The van der Waals surface area contributed by atoms with Crippen LogP contribution in [-0.2, 0) is 9.47 Å². The molecule has 1 aliphatic rings. The quantitative estimate of drug-likeness (QED) is 0.770. The second-order valence-electron chi connectivity index (χ2n) is 8.50. The Bertz CT molecular complexity index is 639. The first-order chi connectivity index (χ1) is 11.4. The molecule has 0 N–H and O–H groups in total. The number of likely N-dealkylation sites (tertiary alicyclic amines) is 1. The van der Waals surface area contributed by atoms with E-state index in [-0.39, 0.29) is 18.1 Å². The number of hydrogen-bond acceptors (Lipinski definition) is 5. The number of carbonyl (C=O) groups excluding carboxylic acids is 2. The van der Waals surface area contributed by atoms with E-state index in [2.05, 4.69) is 4.98 Å². The molecule has 1 aromatic rings. The van der Waals surface area contributed by atoms with Crippen molar-refractivity contribution in [1.29, 1.82) is 0 Å². The van der Waals surface area contributed by atoms with Crippen molar-refractivity contribution in [3.63, 3.8) is 0 Å². The molecule has 0 aromatic carbocycles. The summed E-state index contributed by atoms with van der Waals surface area (Å²) in [5.74, 6) is 0.0659.